The standard InChI is InChI=1S/C16H19FN2/c1-3-19(16-11-7-5-9-14(16)17)15-10-6-4-8-13(15)12-18-2/h4-11,18H,3,12H2,1-2H3. The Balaban J connectivity index is 2.45. The van der Waals surface area contributed by atoms with Crippen LogP contribution in [0.2, 0.25) is 0 Å². The van der Waals surface area contributed by atoms with E-state index in [1.807, 2.05) is 49.2 Å². The second-order valence-corrected chi connectivity index (χ2v) is 4.35. The van der Waals surface area contributed by atoms with Crippen LogP contribution in [-0.4, -0.2) is 13.6 Å². The lowest BCUT2D eigenvalue weighted by molar-refractivity contribution is 0.625. The highest BCUT2D eigenvalue weighted by Gasteiger charge is 2.14. The van der Waals surface area contributed by atoms with Crippen LogP contribution in [0, 0.1) is 5.82 Å². The first-order valence-electron chi connectivity index (χ1n) is 6.52. The van der Waals surface area contributed by atoms with Crippen molar-refractivity contribution in [3.63, 3.8) is 0 Å². The molecule has 0 fully saturated rings. The number of hydrogen-bond donors (Lipinski definition) is 1. The first-order chi connectivity index (χ1) is 9.27. The summed E-state index contributed by atoms with van der Waals surface area (Å²) in [5.74, 6) is -0.191. The summed E-state index contributed by atoms with van der Waals surface area (Å²) >= 11 is 0. The van der Waals surface area contributed by atoms with Gasteiger partial charge in [0.2, 0.25) is 0 Å². The molecule has 0 saturated heterocycles. The molecular weight excluding hydrogens is 239 g/mol. The molecule has 0 aliphatic heterocycles. The van der Waals surface area contributed by atoms with Crippen molar-refractivity contribution in [2.24, 2.45) is 0 Å². The third-order valence-corrected chi connectivity index (χ3v) is 3.11. The number of halogens is 1. The molecule has 2 aromatic rings. The Morgan fingerprint density at radius 3 is 2.26 bits per heavy atom. The number of nitrogens with zero attached hydrogens (tertiary/aromatic N) is 1. The van der Waals surface area contributed by atoms with Crippen LogP contribution in [0.25, 0.3) is 0 Å². The maximum atomic E-state index is 14.0. The van der Waals surface area contributed by atoms with Gasteiger partial charge in [-0.15, -0.1) is 0 Å². The van der Waals surface area contributed by atoms with Gasteiger partial charge in [-0.05, 0) is 37.7 Å². The number of nitrogens with one attached hydrogen (secondary N) is 1. The van der Waals surface area contributed by atoms with Crippen molar-refractivity contribution in [2.75, 3.05) is 18.5 Å². The van der Waals surface area contributed by atoms with Gasteiger partial charge in [0.25, 0.3) is 0 Å². The number of rotatable bonds is 5. The third kappa shape index (κ3) is 2.93. The van der Waals surface area contributed by atoms with Gasteiger partial charge < -0.3 is 10.2 Å². The van der Waals surface area contributed by atoms with Crippen molar-refractivity contribution in [1.82, 2.24) is 5.32 Å². The van der Waals surface area contributed by atoms with E-state index in [4.69, 9.17) is 0 Å². The van der Waals surface area contributed by atoms with Crippen molar-refractivity contribution >= 4 is 11.4 Å². The Labute approximate surface area is 113 Å². The Hall–Kier alpha value is -1.87. The third-order valence-electron chi connectivity index (χ3n) is 3.11. The Bertz CT molecular complexity index is 540. The average molecular weight is 258 g/mol. The number of benzene rings is 2. The van der Waals surface area contributed by atoms with Crippen LogP contribution in [0.1, 0.15) is 12.5 Å². The number of hydrogen-bond acceptors (Lipinski definition) is 2. The van der Waals surface area contributed by atoms with E-state index in [0.29, 0.717) is 5.69 Å². The van der Waals surface area contributed by atoms with Crippen molar-refractivity contribution in [3.05, 3.63) is 59.9 Å². The summed E-state index contributed by atoms with van der Waals surface area (Å²) in [7, 11) is 1.91. The van der Waals surface area contributed by atoms with Crippen molar-refractivity contribution < 1.29 is 4.39 Å². The van der Waals surface area contributed by atoms with Gasteiger partial charge >= 0.3 is 0 Å². The van der Waals surface area contributed by atoms with Crippen molar-refractivity contribution in [2.45, 2.75) is 13.5 Å². The molecule has 0 atom stereocenters. The molecule has 3 heteroatoms. The fourth-order valence-corrected chi connectivity index (χ4v) is 2.26. The van der Waals surface area contributed by atoms with Crippen LogP contribution in [0.3, 0.4) is 0 Å². The molecule has 2 aromatic carbocycles. The van der Waals surface area contributed by atoms with E-state index in [1.54, 1.807) is 6.07 Å². The van der Waals surface area contributed by atoms with Gasteiger partial charge in [-0.3, -0.25) is 0 Å². The quantitative estimate of drug-likeness (QED) is 0.879. The zero-order chi connectivity index (χ0) is 13.7. The van der Waals surface area contributed by atoms with E-state index in [1.165, 1.54) is 6.07 Å². The lowest BCUT2D eigenvalue weighted by atomic mass is 10.1. The summed E-state index contributed by atoms with van der Waals surface area (Å²) in [6, 6.07) is 15.0. The summed E-state index contributed by atoms with van der Waals surface area (Å²) in [5, 5.41) is 3.15. The molecule has 0 aromatic heterocycles. The summed E-state index contributed by atoms with van der Waals surface area (Å²) in [4.78, 5) is 2.00. The van der Waals surface area contributed by atoms with Gasteiger partial charge in [0.05, 0.1) is 5.69 Å². The first kappa shape index (κ1) is 13.6. The highest BCUT2D eigenvalue weighted by Crippen LogP contribution is 2.30. The molecule has 0 aliphatic rings. The molecule has 0 heterocycles. The highest BCUT2D eigenvalue weighted by atomic mass is 19.1. The van der Waals surface area contributed by atoms with E-state index in [2.05, 4.69) is 11.4 Å². The van der Waals surface area contributed by atoms with Crippen molar-refractivity contribution in [3.8, 4) is 0 Å². The summed E-state index contributed by atoms with van der Waals surface area (Å²) in [6.45, 7) is 3.52. The largest absolute Gasteiger partial charge is 0.339 e. The summed E-state index contributed by atoms with van der Waals surface area (Å²) in [6.07, 6.45) is 0. The van der Waals surface area contributed by atoms with Gasteiger partial charge in [-0.2, -0.15) is 0 Å². The zero-order valence-corrected chi connectivity index (χ0v) is 11.4. The fourth-order valence-electron chi connectivity index (χ4n) is 2.26. The van der Waals surface area contributed by atoms with E-state index >= 15 is 0 Å². The normalized spacial score (nSPS) is 10.5. The zero-order valence-electron chi connectivity index (χ0n) is 11.4. The van der Waals surface area contributed by atoms with Gasteiger partial charge in [0.1, 0.15) is 5.82 Å². The highest BCUT2D eigenvalue weighted by molar-refractivity contribution is 5.66. The maximum absolute atomic E-state index is 14.0. The van der Waals surface area contributed by atoms with Gasteiger partial charge in [0, 0.05) is 18.8 Å². The molecule has 100 valence electrons. The number of anilines is 2. The second kappa shape index (κ2) is 6.34. The van der Waals surface area contributed by atoms with E-state index in [-0.39, 0.29) is 5.82 Å². The minimum absolute atomic E-state index is 0.191. The molecule has 0 radical (unpaired) electrons. The lowest BCUT2D eigenvalue weighted by Crippen LogP contribution is -2.20. The van der Waals surface area contributed by atoms with Crippen LogP contribution >= 0.6 is 0 Å². The van der Waals surface area contributed by atoms with Gasteiger partial charge in [0.15, 0.2) is 0 Å². The first-order valence-corrected chi connectivity index (χ1v) is 6.52. The molecule has 0 amide bonds. The predicted octanol–water partition coefficient (Wildman–Crippen LogP) is 3.70. The molecule has 19 heavy (non-hydrogen) atoms. The van der Waals surface area contributed by atoms with Gasteiger partial charge in [-0.25, -0.2) is 4.39 Å². The predicted molar refractivity (Wildman–Crippen MR) is 78.3 cm³/mol. The SMILES string of the molecule is CCN(c1ccccc1F)c1ccccc1CNC. The van der Waals surface area contributed by atoms with Crippen LogP contribution in [0.4, 0.5) is 15.8 Å². The van der Waals surface area contributed by atoms with Gasteiger partial charge in [-0.1, -0.05) is 30.3 Å². The monoisotopic (exact) mass is 258 g/mol. The van der Waals surface area contributed by atoms with Crippen LogP contribution in [0.15, 0.2) is 48.5 Å². The van der Waals surface area contributed by atoms with E-state index in [0.717, 1.165) is 24.3 Å². The van der Waals surface area contributed by atoms with E-state index in [9.17, 15) is 4.39 Å². The molecule has 0 bridgehead atoms. The smallest absolute Gasteiger partial charge is 0.146 e. The van der Waals surface area contributed by atoms with E-state index < -0.39 is 0 Å². The number of para-hydroxylation sites is 2. The molecule has 0 saturated carbocycles. The molecule has 1 N–H and O–H groups in total. The molecular formula is C16H19FN2. The van der Waals surface area contributed by atoms with Crippen LogP contribution in [-0.2, 0) is 6.54 Å². The van der Waals surface area contributed by atoms with Crippen LogP contribution in [0.5, 0.6) is 0 Å². The maximum Gasteiger partial charge on any atom is 0.146 e. The molecule has 0 unspecified atom stereocenters. The van der Waals surface area contributed by atoms with Crippen LogP contribution < -0.4 is 10.2 Å². The topological polar surface area (TPSA) is 15.3 Å². The Morgan fingerprint density at radius 2 is 1.63 bits per heavy atom. The second-order valence-electron chi connectivity index (χ2n) is 4.35. The minimum atomic E-state index is -0.191. The fraction of sp³-hybridized carbons (Fsp3) is 0.250. The summed E-state index contributed by atoms with van der Waals surface area (Å²) in [5.41, 5.74) is 2.83. The molecule has 2 nitrogen and oxygen atoms in total. The molecule has 0 aliphatic carbocycles. The lowest BCUT2D eigenvalue weighted by Gasteiger charge is -2.26. The Morgan fingerprint density at radius 1 is 1.00 bits per heavy atom. The average Bonchev–Trinajstić information content (AvgIpc) is 2.44. The van der Waals surface area contributed by atoms with Crippen molar-refractivity contribution in [1.29, 1.82) is 0 Å². The minimum Gasteiger partial charge on any atom is -0.339 e. The molecule has 2 rings (SSSR count). The molecule has 0 spiro atoms. The Kier molecular flexibility index (Phi) is 4.53. The summed E-state index contributed by atoms with van der Waals surface area (Å²) < 4.78 is 14.0.